The van der Waals surface area contributed by atoms with Gasteiger partial charge in [-0.25, -0.2) is 0 Å². The Labute approximate surface area is 92.9 Å². The molecular formula is C13H22N2. The number of aromatic amines is 1. The Kier molecular flexibility index (Phi) is 7.38. The van der Waals surface area contributed by atoms with Gasteiger partial charge in [-0.3, -0.25) is 0 Å². The van der Waals surface area contributed by atoms with Gasteiger partial charge in [0.15, 0.2) is 0 Å². The second kappa shape index (κ2) is 8.06. The van der Waals surface area contributed by atoms with Gasteiger partial charge in [0.25, 0.3) is 0 Å². The minimum Gasteiger partial charge on any atom is -0.361 e. The van der Waals surface area contributed by atoms with Crippen LogP contribution in [0.5, 0.6) is 0 Å². The van der Waals surface area contributed by atoms with Crippen molar-refractivity contribution in [1.82, 2.24) is 9.88 Å². The van der Waals surface area contributed by atoms with Gasteiger partial charge in [-0.2, -0.15) is 0 Å². The second-order valence-corrected chi connectivity index (χ2v) is 3.41. The lowest BCUT2D eigenvalue weighted by Gasteiger charge is -1.90. The maximum Gasteiger partial charge on any atom is 0.0453 e. The average molecular weight is 206 g/mol. The number of nitrogens with one attached hydrogen (secondary N) is 1. The van der Waals surface area contributed by atoms with Crippen LogP contribution in [0.1, 0.15) is 13.8 Å². The molecule has 84 valence electrons. The molecule has 0 fully saturated rings. The van der Waals surface area contributed by atoms with Gasteiger partial charge in [-0.15, -0.1) is 0 Å². The Balaban J connectivity index is 0.000000282. The van der Waals surface area contributed by atoms with Gasteiger partial charge in [0, 0.05) is 11.7 Å². The van der Waals surface area contributed by atoms with Crippen LogP contribution in [0.4, 0.5) is 0 Å². The van der Waals surface area contributed by atoms with Gasteiger partial charge in [-0.1, -0.05) is 32.0 Å². The van der Waals surface area contributed by atoms with E-state index in [1.807, 2.05) is 58.2 Å². The number of aromatic nitrogens is 1. The maximum atomic E-state index is 3.12. The molecule has 0 atom stereocenters. The molecule has 2 aromatic rings. The average Bonchev–Trinajstić information content (AvgIpc) is 2.67. The molecule has 0 unspecified atom stereocenters. The van der Waals surface area contributed by atoms with Gasteiger partial charge in [0.1, 0.15) is 0 Å². The first kappa shape index (κ1) is 13.7. The molecule has 0 amide bonds. The summed E-state index contributed by atoms with van der Waals surface area (Å²) >= 11 is 0. The highest BCUT2D eigenvalue weighted by Gasteiger charge is 1.86. The maximum absolute atomic E-state index is 3.12. The Morgan fingerprint density at radius 3 is 2.00 bits per heavy atom. The summed E-state index contributed by atoms with van der Waals surface area (Å²) in [6, 6.07) is 10.3. The third kappa shape index (κ3) is 5.92. The van der Waals surface area contributed by atoms with Crippen LogP contribution >= 0.6 is 0 Å². The zero-order chi connectivity index (χ0) is 11.7. The minimum absolute atomic E-state index is 1.21. The highest BCUT2D eigenvalue weighted by atomic mass is 15.0. The SMILES string of the molecule is CC.CN(C)C.c1ccc2[nH]ccc2c1. The Morgan fingerprint density at radius 1 is 0.933 bits per heavy atom. The first-order valence-electron chi connectivity index (χ1n) is 5.33. The minimum atomic E-state index is 1.21. The first-order valence-corrected chi connectivity index (χ1v) is 5.33. The van der Waals surface area contributed by atoms with Crippen LogP contribution in [0, 0.1) is 0 Å². The Morgan fingerprint density at radius 2 is 1.47 bits per heavy atom. The van der Waals surface area contributed by atoms with Gasteiger partial charge >= 0.3 is 0 Å². The van der Waals surface area contributed by atoms with Crippen LogP contribution in [0.15, 0.2) is 36.5 Å². The Hall–Kier alpha value is -1.28. The molecule has 2 nitrogen and oxygen atoms in total. The van der Waals surface area contributed by atoms with Crippen molar-refractivity contribution in [3.8, 4) is 0 Å². The summed E-state index contributed by atoms with van der Waals surface area (Å²) in [7, 11) is 6.00. The zero-order valence-electron chi connectivity index (χ0n) is 10.4. The highest BCUT2D eigenvalue weighted by Crippen LogP contribution is 2.09. The van der Waals surface area contributed by atoms with Crippen molar-refractivity contribution in [2.75, 3.05) is 21.1 Å². The summed E-state index contributed by atoms with van der Waals surface area (Å²) in [5.74, 6) is 0. The normalized spacial score (nSPS) is 8.93. The number of hydrogen-bond acceptors (Lipinski definition) is 1. The van der Waals surface area contributed by atoms with Crippen molar-refractivity contribution in [2.45, 2.75) is 13.8 Å². The van der Waals surface area contributed by atoms with E-state index in [0.29, 0.717) is 0 Å². The number of hydrogen-bond donors (Lipinski definition) is 1. The van der Waals surface area contributed by atoms with E-state index in [1.54, 1.807) is 0 Å². The van der Waals surface area contributed by atoms with Crippen LogP contribution in [0.2, 0.25) is 0 Å². The lowest BCUT2D eigenvalue weighted by atomic mass is 10.3. The highest BCUT2D eigenvalue weighted by molar-refractivity contribution is 5.78. The van der Waals surface area contributed by atoms with Crippen molar-refractivity contribution in [1.29, 1.82) is 0 Å². The van der Waals surface area contributed by atoms with Crippen molar-refractivity contribution in [3.05, 3.63) is 36.5 Å². The van der Waals surface area contributed by atoms with E-state index in [4.69, 9.17) is 0 Å². The molecule has 0 aliphatic rings. The van der Waals surface area contributed by atoms with Gasteiger partial charge < -0.3 is 9.88 Å². The summed E-state index contributed by atoms with van der Waals surface area (Å²) < 4.78 is 0. The zero-order valence-corrected chi connectivity index (χ0v) is 10.4. The van der Waals surface area contributed by atoms with Crippen molar-refractivity contribution < 1.29 is 0 Å². The molecule has 2 heteroatoms. The molecule has 1 N–H and O–H groups in total. The molecule has 0 saturated heterocycles. The predicted octanol–water partition coefficient (Wildman–Crippen LogP) is 3.37. The number of fused-ring (bicyclic) bond motifs is 1. The number of nitrogens with zero attached hydrogens (tertiary/aromatic N) is 1. The molecule has 1 heterocycles. The molecule has 1 aromatic carbocycles. The van der Waals surface area contributed by atoms with E-state index < -0.39 is 0 Å². The van der Waals surface area contributed by atoms with Gasteiger partial charge in [0.05, 0.1) is 0 Å². The molecule has 1 aromatic heterocycles. The standard InChI is InChI=1S/C8H7N.C3H9N.C2H6/c1-2-4-8-7(3-1)5-6-9-8;1-4(2)3;1-2/h1-6,9H;1-3H3;1-2H3. The topological polar surface area (TPSA) is 19.0 Å². The van der Waals surface area contributed by atoms with Crippen LogP contribution < -0.4 is 0 Å². The molecule has 0 bridgehead atoms. The molecule has 0 aliphatic heterocycles. The summed E-state index contributed by atoms with van der Waals surface area (Å²) in [4.78, 5) is 5.12. The molecule has 15 heavy (non-hydrogen) atoms. The van der Waals surface area contributed by atoms with Crippen LogP contribution in [-0.2, 0) is 0 Å². The number of benzene rings is 1. The molecule has 0 radical (unpaired) electrons. The molecule has 0 saturated carbocycles. The largest absolute Gasteiger partial charge is 0.361 e. The molecule has 2 rings (SSSR count). The van der Waals surface area contributed by atoms with E-state index >= 15 is 0 Å². The fraction of sp³-hybridized carbons (Fsp3) is 0.385. The fourth-order valence-electron chi connectivity index (χ4n) is 0.995. The van der Waals surface area contributed by atoms with E-state index in [0.717, 1.165) is 0 Å². The van der Waals surface area contributed by atoms with E-state index in [9.17, 15) is 0 Å². The smallest absolute Gasteiger partial charge is 0.0453 e. The number of para-hydroxylation sites is 1. The molecule has 0 aliphatic carbocycles. The van der Waals surface area contributed by atoms with Gasteiger partial charge in [0.2, 0.25) is 0 Å². The Bertz CT molecular complexity index is 317. The van der Waals surface area contributed by atoms with E-state index in [1.165, 1.54) is 10.9 Å². The summed E-state index contributed by atoms with van der Waals surface area (Å²) in [5, 5.41) is 1.28. The summed E-state index contributed by atoms with van der Waals surface area (Å²) in [6.07, 6.45) is 1.95. The van der Waals surface area contributed by atoms with Gasteiger partial charge in [-0.05, 0) is 38.7 Å². The van der Waals surface area contributed by atoms with Crippen molar-refractivity contribution >= 4 is 10.9 Å². The lowest BCUT2D eigenvalue weighted by molar-refractivity contribution is 0.505. The van der Waals surface area contributed by atoms with Crippen LogP contribution in [0.25, 0.3) is 10.9 Å². The first-order chi connectivity index (χ1) is 7.20. The molecule has 0 spiro atoms. The third-order valence-electron chi connectivity index (χ3n) is 1.46. The number of rotatable bonds is 0. The monoisotopic (exact) mass is 206 g/mol. The third-order valence-corrected chi connectivity index (χ3v) is 1.46. The predicted molar refractivity (Wildman–Crippen MR) is 69.3 cm³/mol. The summed E-state index contributed by atoms with van der Waals surface area (Å²) in [6.45, 7) is 4.00. The van der Waals surface area contributed by atoms with Crippen LogP contribution in [0.3, 0.4) is 0 Å². The summed E-state index contributed by atoms with van der Waals surface area (Å²) in [5.41, 5.74) is 1.21. The van der Waals surface area contributed by atoms with Crippen molar-refractivity contribution in [2.24, 2.45) is 0 Å². The van der Waals surface area contributed by atoms with E-state index in [-0.39, 0.29) is 0 Å². The fourth-order valence-corrected chi connectivity index (χ4v) is 0.995. The van der Waals surface area contributed by atoms with Crippen LogP contribution in [-0.4, -0.2) is 31.0 Å². The quantitative estimate of drug-likeness (QED) is 0.700. The van der Waals surface area contributed by atoms with E-state index in [2.05, 4.69) is 23.2 Å². The van der Waals surface area contributed by atoms with Crippen molar-refractivity contribution in [3.63, 3.8) is 0 Å². The second-order valence-electron chi connectivity index (χ2n) is 3.41. The molecular weight excluding hydrogens is 184 g/mol. The lowest BCUT2D eigenvalue weighted by Crippen LogP contribution is -1.99. The number of H-pyrrole nitrogens is 1.